The first-order chi connectivity index (χ1) is 9.25. The average Bonchev–Trinajstić information content (AvgIpc) is 2.41. The van der Waals surface area contributed by atoms with Crippen LogP contribution in [0.25, 0.3) is 0 Å². The van der Waals surface area contributed by atoms with Crippen LogP contribution in [0.1, 0.15) is 11.1 Å². The number of nitrogens with two attached hydrogens (primary N) is 1. The van der Waals surface area contributed by atoms with Gasteiger partial charge in [-0.25, -0.2) is 0 Å². The van der Waals surface area contributed by atoms with Crippen LogP contribution < -0.4 is 11.2 Å². The summed E-state index contributed by atoms with van der Waals surface area (Å²) in [4.78, 5) is 2.48. The number of hydrazone groups is 1. The lowest BCUT2D eigenvalue weighted by atomic mass is 10.1. The molecule has 1 heterocycles. The second-order valence-corrected chi connectivity index (χ2v) is 5.99. The minimum absolute atomic E-state index is 0.182. The third kappa shape index (κ3) is 4.81. The third-order valence-electron chi connectivity index (χ3n) is 2.93. The smallest absolute Gasteiger partial charge is 0.184 e. The molecule has 0 aliphatic carbocycles. The van der Waals surface area contributed by atoms with Crippen LogP contribution in [-0.2, 0) is 6.54 Å². The Morgan fingerprint density at radius 1 is 1.42 bits per heavy atom. The maximum atomic E-state index is 5.34. The number of thioether (sulfide) groups is 1. The van der Waals surface area contributed by atoms with Gasteiger partial charge in [0.2, 0.25) is 0 Å². The van der Waals surface area contributed by atoms with E-state index in [1.165, 1.54) is 17.1 Å². The van der Waals surface area contributed by atoms with Gasteiger partial charge >= 0.3 is 0 Å². The minimum Gasteiger partial charge on any atom is -0.375 e. The Bertz CT molecular complexity index is 456. The lowest BCUT2D eigenvalue weighted by molar-refractivity contribution is 0.294. The quantitative estimate of drug-likeness (QED) is 0.499. The van der Waals surface area contributed by atoms with Gasteiger partial charge in [-0.1, -0.05) is 24.3 Å². The normalized spacial score (nSPS) is 16.6. The number of nitrogens with zero attached hydrogens (tertiary/aromatic N) is 2. The van der Waals surface area contributed by atoms with E-state index in [0.29, 0.717) is 0 Å². The first-order valence-electron chi connectivity index (χ1n) is 6.22. The highest BCUT2D eigenvalue weighted by atomic mass is 32.2. The summed E-state index contributed by atoms with van der Waals surface area (Å²) < 4.78 is 0. The summed E-state index contributed by atoms with van der Waals surface area (Å²) >= 11 is 6.74. The van der Waals surface area contributed by atoms with Crippen LogP contribution in [0.15, 0.2) is 29.4 Å². The first-order valence-corrected chi connectivity index (χ1v) is 7.78. The second kappa shape index (κ2) is 7.47. The molecule has 1 aliphatic rings. The predicted molar refractivity (Wildman–Crippen MR) is 86.6 cm³/mol. The fraction of sp³-hybridized carbons (Fsp3) is 0.385. The van der Waals surface area contributed by atoms with Gasteiger partial charge in [0.05, 0.1) is 6.21 Å². The lowest BCUT2D eigenvalue weighted by Gasteiger charge is -2.26. The van der Waals surface area contributed by atoms with Gasteiger partial charge in [0.25, 0.3) is 0 Å². The van der Waals surface area contributed by atoms with Crippen LogP contribution in [0, 0.1) is 0 Å². The summed E-state index contributed by atoms with van der Waals surface area (Å²) in [7, 11) is 0. The molecular formula is C13H18N4S2. The first kappa shape index (κ1) is 14.3. The minimum atomic E-state index is 0.182. The van der Waals surface area contributed by atoms with Crippen LogP contribution >= 0.6 is 24.0 Å². The molecule has 0 aromatic heterocycles. The number of hydrogen-bond acceptors (Lipinski definition) is 4. The third-order valence-corrected chi connectivity index (χ3v) is 3.96. The molecule has 102 valence electrons. The summed E-state index contributed by atoms with van der Waals surface area (Å²) in [5, 5.41) is 4.21. The molecule has 2 rings (SSSR count). The number of nitrogens with one attached hydrogen (secondary N) is 1. The van der Waals surface area contributed by atoms with Gasteiger partial charge in [-0.2, -0.15) is 16.9 Å². The summed E-state index contributed by atoms with van der Waals surface area (Å²) in [5.74, 6) is 2.44. The van der Waals surface area contributed by atoms with Crippen LogP contribution in [0.2, 0.25) is 0 Å². The lowest BCUT2D eigenvalue weighted by Crippen LogP contribution is -2.32. The zero-order valence-corrected chi connectivity index (χ0v) is 12.3. The van der Waals surface area contributed by atoms with Crippen LogP contribution in [0.3, 0.4) is 0 Å². The molecule has 0 atom stereocenters. The van der Waals surface area contributed by atoms with Gasteiger partial charge in [-0.05, 0) is 23.3 Å². The molecule has 1 saturated heterocycles. The number of benzene rings is 1. The van der Waals surface area contributed by atoms with E-state index in [0.717, 1.165) is 25.2 Å². The molecule has 19 heavy (non-hydrogen) atoms. The number of thiocarbonyl (C=S) groups is 1. The van der Waals surface area contributed by atoms with Crippen molar-refractivity contribution in [2.75, 3.05) is 24.6 Å². The van der Waals surface area contributed by atoms with E-state index in [2.05, 4.69) is 33.6 Å². The molecular weight excluding hydrogens is 276 g/mol. The van der Waals surface area contributed by atoms with Crippen molar-refractivity contribution in [3.05, 3.63) is 35.4 Å². The Balaban J connectivity index is 2.02. The Hall–Kier alpha value is -1.11. The topological polar surface area (TPSA) is 53.6 Å². The van der Waals surface area contributed by atoms with E-state index in [9.17, 15) is 0 Å². The zero-order chi connectivity index (χ0) is 13.5. The zero-order valence-electron chi connectivity index (χ0n) is 10.7. The van der Waals surface area contributed by atoms with Crippen molar-refractivity contribution in [2.24, 2.45) is 10.8 Å². The molecule has 0 bridgehead atoms. The van der Waals surface area contributed by atoms with Gasteiger partial charge in [-0.15, -0.1) is 0 Å². The summed E-state index contributed by atoms with van der Waals surface area (Å²) in [6.07, 6.45) is 1.77. The average molecular weight is 294 g/mol. The van der Waals surface area contributed by atoms with Crippen molar-refractivity contribution < 1.29 is 0 Å². The fourth-order valence-electron chi connectivity index (χ4n) is 1.97. The molecule has 0 spiro atoms. The van der Waals surface area contributed by atoms with Crippen LogP contribution in [0.5, 0.6) is 0 Å². The summed E-state index contributed by atoms with van der Waals surface area (Å²) in [6, 6.07) is 8.27. The molecule has 3 N–H and O–H groups in total. The SMILES string of the molecule is NC(=S)NN=Cc1ccccc1CN1CCSCC1. The van der Waals surface area contributed by atoms with E-state index in [1.54, 1.807) is 6.21 Å². The monoisotopic (exact) mass is 294 g/mol. The summed E-state index contributed by atoms with van der Waals surface area (Å²) in [5.41, 5.74) is 10.3. The van der Waals surface area contributed by atoms with Crippen LogP contribution in [-0.4, -0.2) is 40.8 Å². The van der Waals surface area contributed by atoms with E-state index in [4.69, 9.17) is 18.0 Å². The van der Waals surface area contributed by atoms with Crippen molar-refractivity contribution in [3.8, 4) is 0 Å². The fourth-order valence-corrected chi connectivity index (χ4v) is 3.00. The molecule has 0 radical (unpaired) electrons. The molecule has 6 heteroatoms. The van der Waals surface area contributed by atoms with E-state index >= 15 is 0 Å². The molecule has 1 fully saturated rings. The Kier molecular flexibility index (Phi) is 5.62. The van der Waals surface area contributed by atoms with Crippen molar-refractivity contribution in [1.82, 2.24) is 10.3 Å². The highest BCUT2D eigenvalue weighted by Crippen LogP contribution is 2.14. The Morgan fingerprint density at radius 3 is 2.89 bits per heavy atom. The second-order valence-electron chi connectivity index (χ2n) is 4.32. The van der Waals surface area contributed by atoms with Crippen molar-refractivity contribution in [3.63, 3.8) is 0 Å². The maximum absolute atomic E-state index is 5.34. The maximum Gasteiger partial charge on any atom is 0.184 e. The highest BCUT2D eigenvalue weighted by molar-refractivity contribution is 7.99. The standard InChI is InChI=1S/C13H18N4S2/c14-13(18)16-15-9-11-3-1-2-4-12(11)10-17-5-7-19-8-6-17/h1-4,9H,5-8,10H2,(H3,14,16,18). The molecule has 4 nitrogen and oxygen atoms in total. The van der Waals surface area contributed by atoms with E-state index in [-0.39, 0.29) is 5.11 Å². The van der Waals surface area contributed by atoms with Crippen molar-refractivity contribution in [2.45, 2.75) is 6.54 Å². The molecule has 1 aliphatic heterocycles. The van der Waals surface area contributed by atoms with Crippen molar-refractivity contribution >= 4 is 35.3 Å². The molecule has 1 aromatic rings. The van der Waals surface area contributed by atoms with E-state index in [1.807, 2.05) is 17.8 Å². The Morgan fingerprint density at radius 2 is 2.16 bits per heavy atom. The molecule has 1 aromatic carbocycles. The molecule has 0 amide bonds. The number of hydrogen-bond donors (Lipinski definition) is 2. The van der Waals surface area contributed by atoms with Gasteiger partial charge < -0.3 is 5.73 Å². The largest absolute Gasteiger partial charge is 0.375 e. The van der Waals surface area contributed by atoms with Gasteiger partial charge in [-0.3, -0.25) is 10.3 Å². The van der Waals surface area contributed by atoms with Crippen molar-refractivity contribution in [1.29, 1.82) is 0 Å². The van der Waals surface area contributed by atoms with Gasteiger partial charge in [0.15, 0.2) is 5.11 Å². The van der Waals surface area contributed by atoms with Gasteiger partial charge in [0, 0.05) is 31.1 Å². The summed E-state index contributed by atoms with van der Waals surface area (Å²) in [6.45, 7) is 3.28. The highest BCUT2D eigenvalue weighted by Gasteiger charge is 2.11. The van der Waals surface area contributed by atoms with Crippen LogP contribution in [0.4, 0.5) is 0 Å². The molecule has 0 unspecified atom stereocenters. The number of rotatable bonds is 4. The van der Waals surface area contributed by atoms with Gasteiger partial charge in [0.1, 0.15) is 0 Å². The van der Waals surface area contributed by atoms with E-state index < -0.39 is 0 Å². The molecule has 0 saturated carbocycles. The Labute approximate surface area is 123 Å². The predicted octanol–water partition coefficient (Wildman–Crippen LogP) is 1.40.